The van der Waals surface area contributed by atoms with Gasteiger partial charge in [-0.25, -0.2) is 4.79 Å². The van der Waals surface area contributed by atoms with E-state index in [0.717, 1.165) is 37.5 Å². The highest BCUT2D eigenvalue weighted by molar-refractivity contribution is 14.1. The monoisotopic (exact) mass is 550 g/mol. The molecular weight excluding hydrogens is 527 g/mol. The standard InChI is InChI=1S/C27H23IN2O3/c1-14-12-21(16(3)30(14)18-9-7-8-17(28)13-18)23-22(27(32)33-4)15(2)29-25-19-10-5-6-11-20(19)26(31)24(23)25/h5-13,23,29H,1-4H3/t23-/m1/s1. The van der Waals surface area contributed by atoms with E-state index in [2.05, 4.69) is 56.7 Å². The van der Waals surface area contributed by atoms with Gasteiger partial charge in [-0.2, -0.15) is 0 Å². The molecular formula is C27H23IN2O3. The van der Waals surface area contributed by atoms with E-state index in [0.29, 0.717) is 22.4 Å². The van der Waals surface area contributed by atoms with Crippen LogP contribution in [0.3, 0.4) is 0 Å². The minimum Gasteiger partial charge on any atom is -0.466 e. The fourth-order valence-electron chi connectivity index (χ4n) is 5.11. The van der Waals surface area contributed by atoms with Gasteiger partial charge in [0.25, 0.3) is 0 Å². The smallest absolute Gasteiger partial charge is 0.336 e. The molecule has 2 aliphatic rings. The van der Waals surface area contributed by atoms with Crippen molar-refractivity contribution in [1.29, 1.82) is 0 Å². The molecule has 0 spiro atoms. The Morgan fingerprint density at radius 2 is 1.76 bits per heavy atom. The number of carbonyl (C=O) groups excluding carboxylic acids is 2. The summed E-state index contributed by atoms with van der Waals surface area (Å²) in [6.07, 6.45) is 0. The van der Waals surface area contributed by atoms with Gasteiger partial charge in [0.2, 0.25) is 0 Å². The van der Waals surface area contributed by atoms with E-state index in [9.17, 15) is 9.59 Å². The van der Waals surface area contributed by atoms with E-state index in [-0.39, 0.29) is 5.78 Å². The van der Waals surface area contributed by atoms with Gasteiger partial charge in [0.1, 0.15) is 0 Å². The maximum atomic E-state index is 13.6. The molecule has 0 amide bonds. The summed E-state index contributed by atoms with van der Waals surface area (Å²) in [6, 6.07) is 17.9. The molecule has 0 bridgehead atoms. The fourth-order valence-corrected chi connectivity index (χ4v) is 5.64. The van der Waals surface area contributed by atoms with Crippen molar-refractivity contribution < 1.29 is 14.3 Å². The second-order valence-corrected chi connectivity index (χ2v) is 9.64. The number of dihydropyridines is 1. The number of halogens is 1. The molecule has 2 aromatic carbocycles. The lowest BCUT2D eigenvalue weighted by Gasteiger charge is -2.29. The molecule has 0 unspecified atom stereocenters. The van der Waals surface area contributed by atoms with Gasteiger partial charge in [-0.1, -0.05) is 30.3 Å². The van der Waals surface area contributed by atoms with Gasteiger partial charge in [-0.15, -0.1) is 0 Å². The van der Waals surface area contributed by atoms with Crippen LogP contribution in [0.1, 0.15) is 45.7 Å². The Morgan fingerprint density at radius 1 is 1.03 bits per heavy atom. The molecule has 0 saturated heterocycles. The summed E-state index contributed by atoms with van der Waals surface area (Å²) in [6.45, 7) is 5.96. The van der Waals surface area contributed by atoms with E-state index in [1.54, 1.807) is 0 Å². The molecule has 1 aliphatic carbocycles. The number of hydrogen-bond acceptors (Lipinski definition) is 4. The van der Waals surface area contributed by atoms with Crippen LogP contribution < -0.4 is 5.32 Å². The van der Waals surface area contributed by atoms with Gasteiger partial charge >= 0.3 is 5.97 Å². The summed E-state index contributed by atoms with van der Waals surface area (Å²) >= 11 is 2.31. The van der Waals surface area contributed by atoms with Gasteiger partial charge in [-0.05, 0) is 73.2 Å². The predicted octanol–water partition coefficient (Wildman–Crippen LogP) is 5.44. The lowest BCUT2D eigenvalue weighted by Crippen LogP contribution is -2.29. The number of nitrogens with zero attached hydrogens (tertiary/aromatic N) is 1. The van der Waals surface area contributed by atoms with Crippen molar-refractivity contribution >= 4 is 40.0 Å². The number of allylic oxidation sites excluding steroid dienone is 2. The highest BCUT2D eigenvalue weighted by Crippen LogP contribution is 2.48. The summed E-state index contributed by atoms with van der Waals surface area (Å²) in [5.74, 6) is -0.998. The van der Waals surface area contributed by atoms with Crippen LogP contribution >= 0.6 is 22.6 Å². The first-order chi connectivity index (χ1) is 15.8. The quantitative estimate of drug-likeness (QED) is 0.349. The number of nitrogens with one attached hydrogen (secondary N) is 1. The van der Waals surface area contributed by atoms with Crippen molar-refractivity contribution in [3.05, 3.63) is 103 Å². The number of rotatable bonds is 3. The van der Waals surface area contributed by atoms with Gasteiger partial charge < -0.3 is 14.6 Å². The molecule has 3 aromatic rings. The van der Waals surface area contributed by atoms with E-state index in [4.69, 9.17) is 4.74 Å². The van der Waals surface area contributed by atoms with Crippen LogP contribution in [0.15, 0.2) is 71.4 Å². The molecule has 0 fully saturated rings. The number of aromatic nitrogens is 1. The van der Waals surface area contributed by atoms with Crippen molar-refractivity contribution in [3.63, 3.8) is 0 Å². The number of ketones is 1. The molecule has 6 heteroatoms. The number of benzene rings is 2. The van der Waals surface area contributed by atoms with E-state index in [1.165, 1.54) is 7.11 Å². The lowest BCUT2D eigenvalue weighted by molar-refractivity contribution is -0.136. The third-order valence-corrected chi connectivity index (χ3v) is 7.17. The molecule has 33 heavy (non-hydrogen) atoms. The first kappa shape index (κ1) is 21.7. The van der Waals surface area contributed by atoms with Crippen molar-refractivity contribution in [2.45, 2.75) is 26.7 Å². The SMILES string of the molecule is COC(=O)C1=C(C)NC2=C(C(=O)c3ccccc32)[C@@H]1c1cc(C)n(-c2cccc(I)c2)c1C. The number of hydrogen-bond donors (Lipinski definition) is 1. The highest BCUT2D eigenvalue weighted by atomic mass is 127. The van der Waals surface area contributed by atoms with Gasteiger partial charge in [-0.3, -0.25) is 4.79 Å². The molecule has 1 aromatic heterocycles. The van der Waals surface area contributed by atoms with Crippen LogP contribution in [0.25, 0.3) is 11.4 Å². The summed E-state index contributed by atoms with van der Waals surface area (Å²) in [4.78, 5) is 26.6. The van der Waals surface area contributed by atoms with Crippen molar-refractivity contribution in [1.82, 2.24) is 9.88 Å². The van der Waals surface area contributed by atoms with Crippen LogP contribution in [0.5, 0.6) is 0 Å². The summed E-state index contributed by atoms with van der Waals surface area (Å²) in [5, 5.41) is 3.34. The second-order valence-electron chi connectivity index (χ2n) is 8.39. The third-order valence-electron chi connectivity index (χ3n) is 6.50. The lowest BCUT2D eigenvalue weighted by atomic mass is 9.79. The van der Waals surface area contributed by atoms with Crippen LogP contribution in [0, 0.1) is 17.4 Å². The van der Waals surface area contributed by atoms with E-state index in [1.807, 2.05) is 51.1 Å². The zero-order valence-electron chi connectivity index (χ0n) is 18.8. The Balaban J connectivity index is 1.76. The molecule has 2 heterocycles. The third kappa shape index (κ3) is 3.27. The number of fused-ring (bicyclic) bond motifs is 2. The first-order valence-corrected chi connectivity index (χ1v) is 11.8. The maximum Gasteiger partial charge on any atom is 0.336 e. The largest absolute Gasteiger partial charge is 0.466 e. The minimum absolute atomic E-state index is 0.0499. The number of methoxy groups -OCH3 is 1. The zero-order valence-corrected chi connectivity index (χ0v) is 21.0. The number of aryl methyl sites for hydroxylation is 1. The van der Waals surface area contributed by atoms with Crippen LogP contribution in [-0.2, 0) is 9.53 Å². The van der Waals surface area contributed by atoms with Crippen molar-refractivity contribution in [2.75, 3.05) is 7.11 Å². The number of esters is 1. The van der Waals surface area contributed by atoms with E-state index >= 15 is 0 Å². The predicted molar refractivity (Wildman–Crippen MR) is 136 cm³/mol. The number of Topliss-reactive ketones (excluding diaryl/α,β-unsaturated/α-hetero) is 1. The highest BCUT2D eigenvalue weighted by Gasteiger charge is 2.43. The molecule has 1 N–H and O–H groups in total. The van der Waals surface area contributed by atoms with Gasteiger partial charge in [0.05, 0.1) is 24.3 Å². The average Bonchev–Trinajstić information content (AvgIpc) is 3.25. The Kier molecular flexibility index (Phi) is 5.28. The van der Waals surface area contributed by atoms with Gasteiger partial charge in [0.15, 0.2) is 5.78 Å². The molecule has 166 valence electrons. The molecule has 5 rings (SSSR count). The molecule has 0 radical (unpaired) electrons. The second kappa shape index (κ2) is 8.02. The molecule has 1 atom stereocenters. The summed E-state index contributed by atoms with van der Waals surface area (Å²) in [5.41, 5.74) is 8.10. The van der Waals surface area contributed by atoms with Crippen LogP contribution in [-0.4, -0.2) is 23.4 Å². The normalized spacial score (nSPS) is 17.1. The van der Waals surface area contributed by atoms with Crippen LogP contribution in [0.4, 0.5) is 0 Å². The topological polar surface area (TPSA) is 60.3 Å². The average molecular weight is 550 g/mol. The number of carbonyl (C=O) groups is 2. The minimum atomic E-state index is -0.517. The Labute approximate surface area is 206 Å². The van der Waals surface area contributed by atoms with E-state index < -0.39 is 11.9 Å². The fraction of sp³-hybridized carbons (Fsp3) is 0.185. The maximum absolute atomic E-state index is 13.6. The molecule has 1 aliphatic heterocycles. The van der Waals surface area contributed by atoms with Crippen LogP contribution in [0.2, 0.25) is 0 Å². The summed E-state index contributed by atoms with van der Waals surface area (Å²) in [7, 11) is 1.38. The Morgan fingerprint density at radius 3 is 2.45 bits per heavy atom. The molecule has 0 saturated carbocycles. The number of ether oxygens (including phenoxy) is 1. The Bertz CT molecular complexity index is 1410. The zero-order chi connectivity index (χ0) is 23.4. The Hall–Kier alpha value is -3.13. The summed E-state index contributed by atoms with van der Waals surface area (Å²) < 4.78 is 8.49. The van der Waals surface area contributed by atoms with Crippen molar-refractivity contribution in [3.8, 4) is 5.69 Å². The van der Waals surface area contributed by atoms with Crippen molar-refractivity contribution in [2.24, 2.45) is 0 Å². The first-order valence-electron chi connectivity index (χ1n) is 10.7. The molecule has 5 nitrogen and oxygen atoms in total. The van der Waals surface area contributed by atoms with Gasteiger partial charge in [0, 0.05) is 43.0 Å².